The number of halogens is 3. The third-order valence-corrected chi connectivity index (χ3v) is 5.14. The molecule has 0 aliphatic carbocycles. The molecule has 4 rings (SSSR count). The first-order valence-electron chi connectivity index (χ1n) is 10.2. The molecule has 6 nitrogen and oxygen atoms in total. The number of imidazole rings is 1. The number of amides is 1. The third-order valence-electron chi connectivity index (χ3n) is 5.06. The molecule has 1 N–H and O–H groups in total. The number of anilines is 1. The monoisotopic (exact) mass is 470 g/mol. The van der Waals surface area contributed by atoms with Crippen LogP contribution in [0.4, 0.5) is 14.5 Å². The highest BCUT2D eigenvalue weighted by Gasteiger charge is 2.27. The van der Waals surface area contributed by atoms with Crippen molar-refractivity contribution >= 4 is 34.2 Å². The Morgan fingerprint density at radius 3 is 2.52 bits per heavy atom. The van der Waals surface area contributed by atoms with Crippen LogP contribution in [0, 0.1) is 6.92 Å². The van der Waals surface area contributed by atoms with Gasteiger partial charge >= 0.3 is 5.57 Å². The summed E-state index contributed by atoms with van der Waals surface area (Å²) in [6, 6.07) is 13.0. The minimum absolute atomic E-state index is 0.122. The van der Waals surface area contributed by atoms with Crippen LogP contribution in [0.2, 0.25) is 0 Å². The Labute approximate surface area is 194 Å². The summed E-state index contributed by atoms with van der Waals surface area (Å²) >= 11 is 4.78. The molecule has 2 aromatic carbocycles. The van der Waals surface area contributed by atoms with Crippen LogP contribution in [0.5, 0.6) is 5.75 Å². The van der Waals surface area contributed by atoms with Gasteiger partial charge in [0.25, 0.3) is 5.91 Å². The molecule has 2 heterocycles. The number of rotatable bonds is 6. The Balaban J connectivity index is 1.72. The molecular weight excluding hydrogens is 450 g/mol. The lowest BCUT2D eigenvalue weighted by Gasteiger charge is -2.15. The van der Waals surface area contributed by atoms with Gasteiger partial charge in [0.1, 0.15) is 11.6 Å². The van der Waals surface area contributed by atoms with Crippen LogP contribution in [0.1, 0.15) is 36.1 Å². The van der Waals surface area contributed by atoms with Crippen molar-refractivity contribution in [3.63, 3.8) is 0 Å². The fraction of sp³-hybridized carbons (Fsp3) is 0.208. The number of carbonyl (C=O) groups is 1. The number of hydrogen-bond donors (Lipinski definition) is 1. The second-order valence-corrected chi connectivity index (χ2v) is 8.22. The van der Waals surface area contributed by atoms with E-state index in [0.29, 0.717) is 16.8 Å². The van der Waals surface area contributed by atoms with E-state index in [0.717, 1.165) is 22.5 Å². The van der Waals surface area contributed by atoms with Gasteiger partial charge in [-0.3, -0.25) is 9.78 Å². The van der Waals surface area contributed by atoms with Crippen LogP contribution in [0.3, 0.4) is 0 Å². The average Bonchev–Trinajstić information content (AvgIpc) is 3.10. The van der Waals surface area contributed by atoms with Crippen molar-refractivity contribution in [3.8, 4) is 16.9 Å². The summed E-state index contributed by atoms with van der Waals surface area (Å²) in [6.45, 7) is 6.09. The molecule has 0 saturated carbocycles. The van der Waals surface area contributed by atoms with Crippen LogP contribution in [0.25, 0.3) is 22.2 Å². The standard InChI is InChI=1S/C24H21ClF2N4O2/c1-14(2)31-15(3)29-21-12-17(11-20(22(21)31)16-5-4-10-28-13-16)23(32)30-18-6-8-19(9-7-18)33-24(25,26)27/h4-14H,1-3H3,(H,30,32). The second kappa shape index (κ2) is 8.78. The van der Waals surface area contributed by atoms with Crippen LogP contribution >= 0.6 is 11.6 Å². The Morgan fingerprint density at radius 1 is 1.18 bits per heavy atom. The molecule has 170 valence electrons. The van der Waals surface area contributed by atoms with Gasteiger partial charge in [-0.1, -0.05) is 6.07 Å². The molecule has 0 unspecified atom stereocenters. The van der Waals surface area contributed by atoms with Gasteiger partial charge in [0.05, 0.1) is 11.0 Å². The number of benzene rings is 2. The van der Waals surface area contributed by atoms with E-state index in [1.807, 2.05) is 19.1 Å². The maximum atomic E-state index is 13.0. The molecule has 0 atom stereocenters. The number of aryl methyl sites for hydroxylation is 1. The Hall–Kier alpha value is -3.52. The van der Waals surface area contributed by atoms with Crippen molar-refractivity contribution in [1.29, 1.82) is 0 Å². The summed E-state index contributed by atoms with van der Waals surface area (Å²) in [5.41, 5.74) is 0.340. The number of carbonyl (C=O) groups excluding carboxylic acids is 1. The van der Waals surface area contributed by atoms with E-state index in [-0.39, 0.29) is 17.7 Å². The number of aromatic nitrogens is 3. The van der Waals surface area contributed by atoms with E-state index in [1.54, 1.807) is 24.5 Å². The third kappa shape index (κ3) is 4.96. The average molecular weight is 471 g/mol. The molecule has 0 bridgehead atoms. The summed E-state index contributed by atoms with van der Waals surface area (Å²) in [7, 11) is 0. The molecule has 4 aromatic rings. The number of nitrogens with one attached hydrogen (secondary N) is 1. The lowest BCUT2D eigenvalue weighted by atomic mass is 10.0. The fourth-order valence-corrected chi connectivity index (χ4v) is 3.88. The van der Waals surface area contributed by atoms with Crippen LogP contribution < -0.4 is 10.1 Å². The number of pyridine rings is 1. The molecule has 2 aromatic heterocycles. The van der Waals surface area contributed by atoms with Crippen molar-refractivity contribution in [2.75, 3.05) is 5.32 Å². The van der Waals surface area contributed by atoms with Crippen LogP contribution in [-0.2, 0) is 0 Å². The lowest BCUT2D eigenvalue weighted by Crippen LogP contribution is -2.16. The number of alkyl halides is 3. The van der Waals surface area contributed by atoms with Gasteiger partial charge in [-0.2, -0.15) is 0 Å². The van der Waals surface area contributed by atoms with E-state index in [2.05, 4.69) is 38.4 Å². The van der Waals surface area contributed by atoms with Crippen molar-refractivity contribution in [2.45, 2.75) is 32.4 Å². The maximum absolute atomic E-state index is 13.0. The zero-order valence-electron chi connectivity index (χ0n) is 18.1. The molecule has 9 heteroatoms. The summed E-state index contributed by atoms with van der Waals surface area (Å²) in [5, 5.41) is 2.77. The lowest BCUT2D eigenvalue weighted by molar-refractivity contribution is -0.0964. The molecule has 1 amide bonds. The number of hydrogen-bond acceptors (Lipinski definition) is 4. The molecule has 33 heavy (non-hydrogen) atoms. The molecule has 0 saturated heterocycles. The topological polar surface area (TPSA) is 69.0 Å². The number of ether oxygens (including phenoxy) is 1. The fourth-order valence-electron chi connectivity index (χ4n) is 3.80. The van der Waals surface area contributed by atoms with Gasteiger partial charge in [0, 0.05) is 52.4 Å². The highest BCUT2D eigenvalue weighted by atomic mass is 35.5. The Kier molecular flexibility index (Phi) is 6.03. The number of fused-ring (bicyclic) bond motifs is 1. The SMILES string of the molecule is Cc1nc2cc(C(=O)Nc3ccc(OC(F)(F)Cl)cc3)cc(-c3cccnc3)c2n1C(C)C. The summed E-state index contributed by atoms with van der Waals surface area (Å²) in [6.07, 6.45) is 3.44. The minimum atomic E-state index is -3.81. The summed E-state index contributed by atoms with van der Waals surface area (Å²) in [5.74, 6) is 0.354. The number of nitrogens with zero attached hydrogens (tertiary/aromatic N) is 3. The van der Waals surface area contributed by atoms with Crippen molar-refractivity contribution in [3.05, 3.63) is 72.3 Å². The van der Waals surface area contributed by atoms with Gasteiger partial charge < -0.3 is 14.6 Å². The van der Waals surface area contributed by atoms with E-state index < -0.39 is 5.57 Å². The van der Waals surface area contributed by atoms with Gasteiger partial charge in [0.15, 0.2) is 0 Å². The molecule has 0 aliphatic rings. The van der Waals surface area contributed by atoms with Gasteiger partial charge in [-0.05, 0) is 63.2 Å². The summed E-state index contributed by atoms with van der Waals surface area (Å²) in [4.78, 5) is 21.9. The molecular formula is C24H21ClF2N4O2. The van der Waals surface area contributed by atoms with Gasteiger partial charge in [-0.25, -0.2) is 4.98 Å². The predicted octanol–water partition coefficient (Wildman–Crippen LogP) is 6.41. The molecule has 0 fully saturated rings. The van der Waals surface area contributed by atoms with Crippen molar-refractivity contribution in [2.24, 2.45) is 0 Å². The van der Waals surface area contributed by atoms with E-state index in [1.165, 1.54) is 24.3 Å². The van der Waals surface area contributed by atoms with E-state index in [4.69, 9.17) is 11.6 Å². The maximum Gasteiger partial charge on any atom is 0.487 e. The quantitative estimate of drug-likeness (QED) is 0.331. The highest BCUT2D eigenvalue weighted by molar-refractivity contribution is 6.20. The first kappa shape index (κ1) is 22.7. The van der Waals surface area contributed by atoms with Gasteiger partial charge in [-0.15, -0.1) is 8.78 Å². The second-order valence-electron chi connectivity index (χ2n) is 7.78. The van der Waals surface area contributed by atoms with Crippen molar-refractivity contribution in [1.82, 2.24) is 14.5 Å². The normalized spacial score (nSPS) is 11.7. The highest BCUT2D eigenvalue weighted by Crippen LogP contribution is 2.33. The molecule has 0 radical (unpaired) electrons. The first-order chi connectivity index (χ1) is 15.6. The van der Waals surface area contributed by atoms with Crippen molar-refractivity contribution < 1.29 is 18.3 Å². The van der Waals surface area contributed by atoms with E-state index in [9.17, 15) is 13.6 Å². The summed E-state index contributed by atoms with van der Waals surface area (Å²) < 4.78 is 32.0. The molecule has 0 aliphatic heterocycles. The zero-order chi connectivity index (χ0) is 23.8. The van der Waals surface area contributed by atoms with Gasteiger partial charge in [0.2, 0.25) is 0 Å². The van der Waals surface area contributed by atoms with E-state index >= 15 is 0 Å². The van der Waals surface area contributed by atoms with Crippen LogP contribution in [0.15, 0.2) is 60.9 Å². The Bertz CT molecular complexity index is 1300. The van der Waals surface area contributed by atoms with Crippen LogP contribution in [-0.4, -0.2) is 26.0 Å². The molecule has 0 spiro atoms. The first-order valence-corrected chi connectivity index (χ1v) is 10.6. The largest absolute Gasteiger partial charge is 0.487 e. The zero-order valence-corrected chi connectivity index (χ0v) is 18.9. The predicted molar refractivity (Wildman–Crippen MR) is 124 cm³/mol. The minimum Gasteiger partial charge on any atom is -0.420 e. The smallest absolute Gasteiger partial charge is 0.420 e. The Morgan fingerprint density at radius 2 is 1.91 bits per heavy atom.